The first kappa shape index (κ1) is 19.2. The van der Waals surface area contributed by atoms with Crippen molar-refractivity contribution in [1.82, 2.24) is 5.32 Å². The molecule has 0 fully saturated rings. The second-order valence-corrected chi connectivity index (χ2v) is 7.75. The van der Waals surface area contributed by atoms with Crippen molar-refractivity contribution in [3.8, 4) is 0 Å². The third-order valence-corrected chi connectivity index (χ3v) is 6.14. The molecule has 1 rings (SSSR count). The van der Waals surface area contributed by atoms with Crippen LogP contribution in [0.1, 0.15) is 88.5 Å². The van der Waals surface area contributed by atoms with Gasteiger partial charge in [-0.05, 0) is 40.8 Å². The molecule has 0 saturated carbocycles. The maximum Gasteiger partial charge on any atom is 0.0423 e. The summed E-state index contributed by atoms with van der Waals surface area (Å²) in [7, 11) is 2.08. The molecular formula is C18H32BrNS. The molecule has 1 aromatic heterocycles. The number of hydrogen-bond acceptors (Lipinski definition) is 2. The van der Waals surface area contributed by atoms with Crippen LogP contribution >= 0.6 is 27.3 Å². The van der Waals surface area contributed by atoms with E-state index in [1.54, 1.807) is 0 Å². The highest BCUT2D eigenvalue weighted by Gasteiger charge is 2.13. The Kier molecular flexibility index (Phi) is 11.6. The summed E-state index contributed by atoms with van der Waals surface area (Å²) in [6, 6.07) is 2.68. The molecule has 1 aromatic rings. The van der Waals surface area contributed by atoms with Gasteiger partial charge in [0.2, 0.25) is 0 Å². The summed E-state index contributed by atoms with van der Waals surface area (Å²) in [6.07, 6.45) is 15.4. The van der Waals surface area contributed by atoms with Gasteiger partial charge in [-0.25, -0.2) is 0 Å². The molecule has 0 aliphatic carbocycles. The Morgan fingerprint density at radius 2 is 1.57 bits per heavy atom. The van der Waals surface area contributed by atoms with Gasteiger partial charge in [0.1, 0.15) is 0 Å². The number of nitrogens with one attached hydrogen (secondary N) is 1. The van der Waals surface area contributed by atoms with Crippen LogP contribution in [0.4, 0.5) is 0 Å². The molecule has 1 unspecified atom stereocenters. The number of halogens is 1. The van der Waals surface area contributed by atoms with Crippen LogP contribution in [-0.4, -0.2) is 7.05 Å². The van der Waals surface area contributed by atoms with Gasteiger partial charge in [-0.1, -0.05) is 71.1 Å². The molecule has 21 heavy (non-hydrogen) atoms. The van der Waals surface area contributed by atoms with E-state index < -0.39 is 0 Å². The SMILES string of the molecule is CCCCCCCCCCCCC(NC)c1sccc1Br. The molecule has 3 heteroatoms. The van der Waals surface area contributed by atoms with Gasteiger partial charge >= 0.3 is 0 Å². The van der Waals surface area contributed by atoms with Crippen molar-refractivity contribution in [2.75, 3.05) is 7.05 Å². The summed E-state index contributed by atoms with van der Waals surface area (Å²) < 4.78 is 1.26. The van der Waals surface area contributed by atoms with Gasteiger partial charge in [-0.3, -0.25) is 0 Å². The highest BCUT2D eigenvalue weighted by atomic mass is 79.9. The lowest BCUT2D eigenvalue weighted by Crippen LogP contribution is -2.15. The molecule has 0 saturated heterocycles. The fraction of sp³-hybridized carbons (Fsp3) is 0.778. The van der Waals surface area contributed by atoms with Gasteiger partial charge in [0.25, 0.3) is 0 Å². The lowest BCUT2D eigenvalue weighted by molar-refractivity contribution is 0.496. The van der Waals surface area contributed by atoms with Gasteiger partial charge in [0.05, 0.1) is 0 Å². The highest BCUT2D eigenvalue weighted by molar-refractivity contribution is 9.10. The van der Waals surface area contributed by atoms with Gasteiger partial charge < -0.3 is 5.32 Å². The lowest BCUT2D eigenvalue weighted by Gasteiger charge is -2.15. The van der Waals surface area contributed by atoms with E-state index >= 15 is 0 Å². The van der Waals surface area contributed by atoms with Crippen LogP contribution < -0.4 is 5.32 Å². The number of unbranched alkanes of at least 4 members (excludes halogenated alkanes) is 9. The largest absolute Gasteiger partial charge is 0.312 e. The summed E-state index contributed by atoms with van der Waals surface area (Å²) in [5, 5.41) is 5.63. The van der Waals surface area contributed by atoms with E-state index in [4.69, 9.17) is 0 Å². The predicted molar refractivity (Wildman–Crippen MR) is 100 cm³/mol. The molecule has 0 aliphatic heterocycles. The molecule has 0 radical (unpaired) electrons. The topological polar surface area (TPSA) is 12.0 Å². The van der Waals surface area contributed by atoms with Crippen molar-refractivity contribution in [3.63, 3.8) is 0 Å². The Morgan fingerprint density at radius 3 is 2.05 bits per heavy atom. The molecule has 0 aliphatic rings. The van der Waals surface area contributed by atoms with Gasteiger partial charge in [0.15, 0.2) is 0 Å². The van der Waals surface area contributed by atoms with E-state index in [0.717, 1.165) is 0 Å². The average molecular weight is 374 g/mol. The van der Waals surface area contributed by atoms with Crippen LogP contribution in [0.25, 0.3) is 0 Å². The van der Waals surface area contributed by atoms with Crippen molar-refractivity contribution >= 4 is 27.3 Å². The predicted octanol–water partition coefficient (Wildman–Crippen LogP) is 7.08. The van der Waals surface area contributed by atoms with Crippen LogP contribution in [0.15, 0.2) is 15.9 Å². The van der Waals surface area contributed by atoms with Crippen molar-refractivity contribution in [2.45, 2.75) is 83.6 Å². The monoisotopic (exact) mass is 373 g/mol. The zero-order chi connectivity index (χ0) is 15.3. The first-order valence-corrected chi connectivity index (χ1v) is 10.4. The van der Waals surface area contributed by atoms with E-state index in [-0.39, 0.29) is 0 Å². The second-order valence-electron chi connectivity index (χ2n) is 5.94. The average Bonchev–Trinajstić information content (AvgIpc) is 2.91. The molecule has 122 valence electrons. The third-order valence-electron chi connectivity index (χ3n) is 4.16. The maximum atomic E-state index is 3.65. The van der Waals surface area contributed by atoms with E-state index in [0.29, 0.717) is 6.04 Å². The van der Waals surface area contributed by atoms with Gasteiger partial charge in [-0.2, -0.15) is 0 Å². The highest BCUT2D eigenvalue weighted by Crippen LogP contribution is 2.31. The summed E-state index contributed by atoms with van der Waals surface area (Å²) in [4.78, 5) is 1.45. The quantitative estimate of drug-likeness (QED) is 0.364. The molecule has 1 N–H and O–H groups in total. The summed E-state index contributed by atoms with van der Waals surface area (Å²) in [5.74, 6) is 0. The maximum absolute atomic E-state index is 3.65. The first-order valence-electron chi connectivity index (χ1n) is 8.69. The molecule has 0 aromatic carbocycles. The van der Waals surface area contributed by atoms with Crippen LogP contribution in [0.5, 0.6) is 0 Å². The Labute approximate surface area is 144 Å². The van der Waals surface area contributed by atoms with Gasteiger partial charge in [-0.15, -0.1) is 11.3 Å². The minimum Gasteiger partial charge on any atom is -0.312 e. The zero-order valence-corrected chi connectivity index (χ0v) is 16.2. The normalized spacial score (nSPS) is 12.7. The van der Waals surface area contributed by atoms with E-state index in [9.17, 15) is 0 Å². The zero-order valence-electron chi connectivity index (χ0n) is 13.8. The number of hydrogen-bond donors (Lipinski definition) is 1. The van der Waals surface area contributed by atoms with Crippen LogP contribution in [0.3, 0.4) is 0 Å². The lowest BCUT2D eigenvalue weighted by atomic mass is 10.0. The summed E-state index contributed by atoms with van der Waals surface area (Å²) in [6.45, 7) is 2.28. The molecule has 1 atom stereocenters. The Hall–Kier alpha value is 0.140. The van der Waals surface area contributed by atoms with E-state index in [2.05, 4.69) is 46.7 Å². The summed E-state index contributed by atoms with van der Waals surface area (Å²) in [5.41, 5.74) is 0. The Bertz CT molecular complexity index is 351. The molecule has 1 nitrogen and oxygen atoms in total. The molecule has 0 amide bonds. The van der Waals surface area contributed by atoms with E-state index in [1.807, 2.05) is 11.3 Å². The van der Waals surface area contributed by atoms with Crippen LogP contribution in [-0.2, 0) is 0 Å². The molecule has 1 heterocycles. The second kappa shape index (κ2) is 12.7. The fourth-order valence-corrected chi connectivity index (χ4v) is 4.59. The van der Waals surface area contributed by atoms with E-state index in [1.165, 1.54) is 80.0 Å². The van der Waals surface area contributed by atoms with Crippen molar-refractivity contribution in [3.05, 3.63) is 20.8 Å². The first-order chi connectivity index (χ1) is 10.3. The Morgan fingerprint density at radius 1 is 1.00 bits per heavy atom. The molecule has 0 spiro atoms. The minimum absolute atomic E-state index is 0.522. The van der Waals surface area contributed by atoms with Gasteiger partial charge in [0, 0.05) is 15.4 Å². The smallest absolute Gasteiger partial charge is 0.0423 e. The van der Waals surface area contributed by atoms with Crippen molar-refractivity contribution < 1.29 is 0 Å². The Balaban J connectivity index is 1.99. The summed E-state index contributed by atoms with van der Waals surface area (Å²) >= 11 is 5.50. The van der Waals surface area contributed by atoms with Crippen LogP contribution in [0.2, 0.25) is 0 Å². The molecule has 0 bridgehead atoms. The third kappa shape index (κ3) is 8.37. The fourth-order valence-electron chi connectivity index (χ4n) is 2.80. The van der Waals surface area contributed by atoms with Crippen molar-refractivity contribution in [1.29, 1.82) is 0 Å². The standard InChI is InChI=1S/C18H32BrNS/c1-3-4-5-6-7-8-9-10-11-12-13-17(20-2)18-16(19)14-15-21-18/h14-15,17,20H,3-13H2,1-2H3. The molecular weight excluding hydrogens is 342 g/mol. The minimum atomic E-state index is 0.522. The van der Waals surface area contributed by atoms with Crippen LogP contribution in [0, 0.1) is 0 Å². The number of rotatable bonds is 13. The van der Waals surface area contributed by atoms with Crippen molar-refractivity contribution in [2.24, 2.45) is 0 Å². The number of thiophene rings is 1.